The molecule has 5 rings (SSSR count). The fourth-order valence-corrected chi connectivity index (χ4v) is 4.94. The monoisotopic (exact) mass is 499 g/mol. The zero-order valence-electron chi connectivity index (χ0n) is 21.8. The molecule has 1 aliphatic heterocycles. The molecule has 1 aliphatic rings. The van der Waals surface area contributed by atoms with Gasteiger partial charge in [0, 0.05) is 85.0 Å². The van der Waals surface area contributed by atoms with Crippen LogP contribution in [0.3, 0.4) is 0 Å². The first kappa shape index (κ1) is 25.0. The third-order valence-corrected chi connectivity index (χ3v) is 7.11. The molecule has 2 aromatic carbocycles. The summed E-state index contributed by atoms with van der Waals surface area (Å²) in [7, 11) is 5.87. The summed E-state index contributed by atoms with van der Waals surface area (Å²) in [5.74, 6) is 0.511. The summed E-state index contributed by atoms with van der Waals surface area (Å²) in [6.45, 7) is 10.2. The first-order chi connectivity index (χ1) is 17.9. The summed E-state index contributed by atoms with van der Waals surface area (Å²) in [4.78, 5) is 14.8. The van der Waals surface area contributed by atoms with Gasteiger partial charge >= 0.3 is 0 Å². The van der Waals surface area contributed by atoms with Crippen LogP contribution in [-0.2, 0) is 0 Å². The number of rotatable bonds is 8. The van der Waals surface area contributed by atoms with Crippen LogP contribution in [0.5, 0.6) is 5.75 Å². The molecule has 1 saturated heterocycles. The maximum absolute atomic E-state index is 14.9. The molecule has 0 unspecified atom stereocenters. The number of H-pyrrole nitrogens is 1. The average Bonchev–Trinajstić information content (AvgIpc) is 3.34. The number of likely N-dealkylation sites (N-methyl/N-ethyl adjacent to an activating group) is 1. The number of benzene rings is 2. The van der Waals surface area contributed by atoms with E-state index < -0.39 is 0 Å². The number of pyridine rings is 1. The van der Waals surface area contributed by atoms with Crippen LogP contribution in [0, 0.1) is 5.82 Å². The highest BCUT2D eigenvalue weighted by atomic mass is 19.1. The number of para-hydroxylation sites is 1. The highest BCUT2D eigenvalue weighted by molar-refractivity contribution is 5.97. The molecule has 0 spiro atoms. The lowest BCUT2D eigenvalue weighted by atomic mass is 9.99. The molecule has 0 aliphatic carbocycles. The molecule has 1 N–H and O–H groups in total. The van der Waals surface area contributed by atoms with E-state index in [0.29, 0.717) is 0 Å². The molecule has 192 valence electrons. The Labute approximate surface area is 218 Å². The van der Waals surface area contributed by atoms with E-state index in [1.54, 1.807) is 25.4 Å². The standard InChI is InChI=1S/C30H34FN5O/c1-21(36-13-11-35(12-14-36)10-9-34(2)3)22-15-23(17-25(31)16-22)24-18-27-28(20-33-30(27)32-19-24)26-7-5-6-8-29(26)37-4/h5-8,15-20H,1,9-14H2,2-4H3,(H,32,33). The van der Waals surface area contributed by atoms with Crippen LogP contribution in [0.15, 0.2) is 67.5 Å². The molecule has 0 radical (unpaired) electrons. The van der Waals surface area contributed by atoms with Gasteiger partial charge in [-0.2, -0.15) is 0 Å². The maximum atomic E-state index is 14.9. The fourth-order valence-electron chi connectivity index (χ4n) is 4.94. The predicted octanol–water partition coefficient (Wildman–Crippen LogP) is 5.19. The quantitative estimate of drug-likeness (QED) is 0.361. The van der Waals surface area contributed by atoms with Gasteiger partial charge in [0.1, 0.15) is 17.2 Å². The van der Waals surface area contributed by atoms with Crippen molar-refractivity contribution in [2.24, 2.45) is 0 Å². The number of methoxy groups -OCH3 is 1. The molecule has 0 saturated carbocycles. The van der Waals surface area contributed by atoms with E-state index in [1.807, 2.05) is 36.5 Å². The van der Waals surface area contributed by atoms with E-state index in [2.05, 4.69) is 51.4 Å². The van der Waals surface area contributed by atoms with Crippen LogP contribution < -0.4 is 4.74 Å². The molecule has 2 aromatic heterocycles. The number of halogens is 1. The second-order valence-electron chi connectivity index (χ2n) is 9.83. The van der Waals surface area contributed by atoms with E-state index >= 15 is 0 Å². The van der Waals surface area contributed by atoms with Crippen molar-refractivity contribution in [3.63, 3.8) is 0 Å². The second-order valence-corrected chi connectivity index (χ2v) is 9.83. The molecule has 7 heteroatoms. The Morgan fingerprint density at radius 3 is 2.59 bits per heavy atom. The summed E-state index contributed by atoms with van der Waals surface area (Å²) in [6.07, 6.45) is 3.73. The number of nitrogens with one attached hydrogen (secondary N) is 1. The van der Waals surface area contributed by atoms with Gasteiger partial charge in [-0.15, -0.1) is 0 Å². The Balaban J connectivity index is 1.41. The topological polar surface area (TPSA) is 47.6 Å². The van der Waals surface area contributed by atoms with Crippen molar-refractivity contribution in [3.05, 3.63) is 78.9 Å². The van der Waals surface area contributed by atoms with Crippen molar-refractivity contribution in [3.8, 4) is 28.0 Å². The fraction of sp³-hybridized carbons (Fsp3) is 0.300. The van der Waals surface area contributed by atoms with Crippen LogP contribution in [-0.4, -0.2) is 85.1 Å². The van der Waals surface area contributed by atoms with Crippen LogP contribution in [0.2, 0.25) is 0 Å². The number of nitrogens with zero attached hydrogens (tertiary/aromatic N) is 4. The number of aromatic amines is 1. The lowest BCUT2D eigenvalue weighted by Crippen LogP contribution is -2.47. The van der Waals surface area contributed by atoms with E-state index in [0.717, 1.165) is 89.6 Å². The lowest BCUT2D eigenvalue weighted by molar-refractivity contribution is 0.164. The molecule has 0 bridgehead atoms. The largest absolute Gasteiger partial charge is 0.496 e. The number of hydrogen-bond donors (Lipinski definition) is 1. The summed E-state index contributed by atoms with van der Waals surface area (Å²) >= 11 is 0. The molecule has 1 fully saturated rings. The van der Waals surface area contributed by atoms with Crippen LogP contribution in [0.4, 0.5) is 4.39 Å². The number of ether oxygens (including phenoxy) is 1. The summed E-state index contributed by atoms with van der Waals surface area (Å²) in [5, 5.41) is 0.959. The van der Waals surface area contributed by atoms with Gasteiger partial charge in [0.2, 0.25) is 0 Å². The molecule has 3 heterocycles. The number of piperazine rings is 1. The number of hydrogen-bond acceptors (Lipinski definition) is 5. The van der Waals surface area contributed by atoms with Gasteiger partial charge in [0.25, 0.3) is 0 Å². The van der Waals surface area contributed by atoms with Crippen molar-refractivity contribution < 1.29 is 9.13 Å². The highest BCUT2D eigenvalue weighted by Crippen LogP contribution is 2.36. The van der Waals surface area contributed by atoms with Crippen molar-refractivity contribution in [1.82, 2.24) is 24.7 Å². The van der Waals surface area contributed by atoms with Crippen molar-refractivity contribution in [1.29, 1.82) is 0 Å². The van der Waals surface area contributed by atoms with Gasteiger partial charge in [-0.1, -0.05) is 24.8 Å². The predicted molar refractivity (Wildman–Crippen MR) is 149 cm³/mol. The number of fused-ring (bicyclic) bond motifs is 1. The van der Waals surface area contributed by atoms with Gasteiger partial charge in [-0.25, -0.2) is 9.37 Å². The van der Waals surface area contributed by atoms with Crippen molar-refractivity contribution >= 4 is 16.7 Å². The molecule has 0 amide bonds. The third kappa shape index (κ3) is 5.38. The van der Waals surface area contributed by atoms with E-state index in [-0.39, 0.29) is 5.82 Å². The van der Waals surface area contributed by atoms with Gasteiger partial charge in [-0.3, -0.25) is 4.90 Å². The summed E-state index contributed by atoms with van der Waals surface area (Å²) < 4.78 is 20.4. The van der Waals surface area contributed by atoms with Crippen LogP contribution >= 0.6 is 0 Å². The third-order valence-electron chi connectivity index (χ3n) is 7.11. The molecular weight excluding hydrogens is 465 g/mol. The minimum Gasteiger partial charge on any atom is -0.496 e. The molecule has 4 aromatic rings. The van der Waals surface area contributed by atoms with Crippen molar-refractivity contribution in [2.75, 3.05) is 60.5 Å². The van der Waals surface area contributed by atoms with E-state index in [4.69, 9.17) is 4.74 Å². The van der Waals surface area contributed by atoms with Gasteiger partial charge in [-0.05, 0) is 50.0 Å². The maximum Gasteiger partial charge on any atom is 0.137 e. The van der Waals surface area contributed by atoms with Crippen LogP contribution in [0.1, 0.15) is 5.56 Å². The molecular formula is C30H34FN5O. The SMILES string of the molecule is C=C(c1cc(F)cc(-c2cnc3[nH]cc(-c4ccccc4OC)c3c2)c1)N1CCN(CCN(C)C)CC1. The Morgan fingerprint density at radius 2 is 1.84 bits per heavy atom. The highest BCUT2D eigenvalue weighted by Gasteiger charge is 2.20. The normalized spacial score (nSPS) is 14.5. The Bertz CT molecular complexity index is 1400. The first-order valence-corrected chi connectivity index (χ1v) is 12.7. The zero-order chi connectivity index (χ0) is 25.9. The second kappa shape index (κ2) is 10.7. The summed E-state index contributed by atoms with van der Waals surface area (Å²) in [6, 6.07) is 15.1. The molecule has 6 nitrogen and oxygen atoms in total. The van der Waals surface area contributed by atoms with Crippen molar-refractivity contribution in [2.45, 2.75) is 0 Å². The smallest absolute Gasteiger partial charge is 0.137 e. The van der Waals surface area contributed by atoms with Gasteiger partial charge in [0.15, 0.2) is 0 Å². The Hall–Kier alpha value is -3.68. The average molecular weight is 500 g/mol. The minimum atomic E-state index is -0.280. The van der Waals surface area contributed by atoms with Crippen LogP contribution in [0.25, 0.3) is 39.0 Å². The summed E-state index contributed by atoms with van der Waals surface area (Å²) in [5.41, 5.74) is 6.04. The molecule has 0 atom stereocenters. The van der Waals surface area contributed by atoms with E-state index in [1.165, 1.54) is 0 Å². The van der Waals surface area contributed by atoms with Gasteiger partial charge in [0.05, 0.1) is 7.11 Å². The van der Waals surface area contributed by atoms with E-state index in [9.17, 15) is 4.39 Å². The lowest BCUT2D eigenvalue weighted by Gasteiger charge is -2.37. The Kier molecular flexibility index (Phi) is 7.26. The minimum absolute atomic E-state index is 0.280. The van der Waals surface area contributed by atoms with Gasteiger partial charge < -0.3 is 19.5 Å². The molecule has 37 heavy (non-hydrogen) atoms. The number of aromatic nitrogens is 2. The zero-order valence-corrected chi connectivity index (χ0v) is 21.8. The first-order valence-electron chi connectivity index (χ1n) is 12.7. The Morgan fingerprint density at radius 1 is 1.05 bits per heavy atom.